The third-order valence-corrected chi connectivity index (χ3v) is 8.96. The van der Waals surface area contributed by atoms with Crippen molar-refractivity contribution in [3.8, 4) is 0 Å². The highest BCUT2D eigenvalue weighted by Gasteiger charge is 2.17. The molecule has 0 aliphatic rings. The zero-order valence-electron chi connectivity index (χ0n) is 35.7. The smallest absolute Gasteiger partial charge is 0.346 e. The lowest BCUT2D eigenvalue weighted by molar-refractivity contribution is -0.164. The van der Waals surface area contributed by atoms with Gasteiger partial charge in [0.2, 0.25) is 0 Å². The van der Waals surface area contributed by atoms with E-state index in [-0.39, 0.29) is 12.1 Å². The molecule has 55 heavy (non-hydrogen) atoms. The summed E-state index contributed by atoms with van der Waals surface area (Å²) in [5.41, 5.74) is 0. The van der Waals surface area contributed by atoms with Crippen molar-refractivity contribution in [2.75, 3.05) is 14.2 Å². The summed E-state index contributed by atoms with van der Waals surface area (Å²) in [4.78, 5) is 42.6. The van der Waals surface area contributed by atoms with Crippen molar-refractivity contribution in [2.24, 2.45) is 0 Å². The molecule has 0 rings (SSSR count). The maximum absolute atomic E-state index is 11.6. The van der Waals surface area contributed by atoms with E-state index in [1.54, 1.807) is 0 Å². The quantitative estimate of drug-likeness (QED) is 0.0277. The van der Waals surface area contributed by atoms with Crippen LogP contribution in [0.4, 0.5) is 0 Å². The number of unbranched alkanes of at least 4 members (excludes halogenated alkanes) is 16. The summed E-state index contributed by atoms with van der Waals surface area (Å²) < 4.78 is 15.1. The van der Waals surface area contributed by atoms with Crippen LogP contribution in [0.3, 0.4) is 0 Å². The van der Waals surface area contributed by atoms with Crippen molar-refractivity contribution in [2.45, 2.75) is 219 Å². The number of carboxylic acid groups (broad SMARTS) is 2. The minimum Gasteiger partial charge on any atom is -0.481 e. The number of carbonyl (C=O) groups excluding carboxylic acids is 2. The number of methoxy groups -OCH3 is 2. The van der Waals surface area contributed by atoms with Crippen LogP contribution < -0.4 is 0 Å². The summed E-state index contributed by atoms with van der Waals surface area (Å²) in [6.07, 6.45) is 34.2. The first kappa shape index (κ1) is 56.6. The zero-order chi connectivity index (χ0) is 42.0. The SMILES string of the molecule is CC(O)C(=O)O.CCCCCC[C@@H](C/C=C\CCCCCCCC(=O)OC(C)C(=O)OC)OC.CCCCCC[C@@H](O)C/C=C\CCCCCCCC(=O)O. The van der Waals surface area contributed by atoms with E-state index in [1.165, 1.54) is 85.2 Å². The number of hydrogen-bond donors (Lipinski definition) is 4. The molecule has 0 saturated carbocycles. The number of ether oxygens (including phenoxy) is 3. The lowest BCUT2D eigenvalue weighted by atomic mass is 10.1. The summed E-state index contributed by atoms with van der Waals surface area (Å²) in [6, 6.07) is 0. The van der Waals surface area contributed by atoms with Gasteiger partial charge in [0.15, 0.2) is 6.10 Å². The first-order chi connectivity index (χ1) is 26.4. The monoisotopic (exact) mass is 787 g/mol. The van der Waals surface area contributed by atoms with Gasteiger partial charge in [0, 0.05) is 20.0 Å². The van der Waals surface area contributed by atoms with E-state index in [9.17, 15) is 24.3 Å². The molecule has 4 atom stereocenters. The second-order valence-corrected chi connectivity index (χ2v) is 14.3. The first-order valence-corrected chi connectivity index (χ1v) is 21.3. The van der Waals surface area contributed by atoms with Gasteiger partial charge < -0.3 is 34.6 Å². The van der Waals surface area contributed by atoms with E-state index in [1.807, 2.05) is 7.11 Å². The Morgan fingerprint density at radius 2 is 1.04 bits per heavy atom. The van der Waals surface area contributed by atoms with Crippen molar-refractivity contribution in [3.05, 3.63) is 24.3 Å². The molecule has 0 heterocycles. The average Bonchev–Trinajstić information content (AvgIpc) is 3.15. The Balaban J connectivity index is -0.000000879. The van der Waals surface area contributed by atoms with Crippen molar-refractivity contribution in [3.63, 3.8) is 0 Å². The summed E-state index contributed by atoms with van der Waals surface area (Å²) in [5, 5.41) is 34.1. The van der Waals surface area contributed by atoms with E-state index in [2.05, 4.69) is 42.9 Å². The normalized spacial score (nSPS) is 13.2. The lowest BCUT2D eigenvalue weighted by Gasteiger charge is -2.12. The lowest BCUT2D eigenvalue weighted by Crippen LogP contribution is -2.25. The Morgan fingerprint density at radius 1 is 0.582 bits per heavy atom. The molecule has 324 valence electrons. The van der Waals surface area contributed by atoms with Crippen LogP contribution in [0.2, 0.25) is 0 Å². The number of carboxylic acids is 2. The Labute approximate surface area is 334 Å². The largest absolute Gasteiger partial charge is 0.481 e. The van der Waals surface area contributed by atoms with Crippen molar-refractivity contribution in [1.82, 2.24) is 0 Å². The Hall–Kier alpha value is -2.76. The number of hydrogen-bond acceptors (Lipinski definition) is 9. The predicted molar refractivity (Wildman–Crippen MR) is 221 cm³/mol. The molecule has 0 aromatic heterocycles. The van der Waals surface area contributed by atoms with Crippen LogP contribution in [0.1, 0.15) is 195 Å². The molecule has 0 saturated heterocycles. The molecule has 0 bridgehead atoms. The minimum absolute atomic E-state index is 0.172. The highest BCUT2D eigenvalue weighted by molar-refractivity contribution is 5.78. The second-order valence-electron chi connectivity index (χ2n) is 14.3. The maximum atomic E-state index is 11.6. The molecule has 11 heteroatoms. The summed E-state index contributed by atoms with van der Waals surface area (Å²) in [5.74, 6) is -2.72. The molecular weight excluding hydrogens is 704 g/mol. The standard InChI is InChI=1S/C23H42O5.C18H34O3.C3H6O3/c1-5-6-7-14-17-21(26-3)18-15-12-10-8-9-11-13-16-19-22(24)28-20(2)23(25)27-4;1-2-3-4-11-14-17(19)15-12-9-7-5-6-8-10-13-16-18(20)21;1-2(4)3(5)6/h12,15,20-21H,5-11,13-14,16-19H2,1-4H3;9,12,17,19H,2-8,10-11,13-16H2,1H3,(H,20,21);2,4H,1H3,(H,5,6)/b15-12-;12-9-;/t20?,21-;17-;/m01./s1. The molecule has 0 radical (unpaired) electrons. The van der Waals surface area contributed by atoms with Crippen molar-refractivity contribution in [1.29, 1.82) is 0 Å². The van der Waals surface area contributed by atoms with Crippen LogP contribution in [0.25, 0.3) is 0 Å². The third-order valence-electron chi connectivity index (χ3n) is 8.96. The first-order valence-electron chi connectivity index (χ1n) is 21.3. The minimum atomic E-state index is -1.23. The summed E-state index contributed by atoms with van der Waals surface area (Å²) >= 11 is 0. The van der Waals surface area contributed by atoms with Gasteiger partial charge in [-0.05, 0) is 78.1 Å². The molecule has 11 nitrogen and oxygen atoms in total. The topological polar surface area (TPSA) is 177 Å². The van der Waals surface area contributed by atoms with Crippen LogP contribution in [0, 0.1) is 0 Å². The third kappa shape index (κ3) is 47.3. The van der Waals surface area contributed by atoms with Crippen LogP contribution >= 0.6 is 0 Å². The van der Waals surface area contributed by atoms with E-state index in [4.69, 9.17) is 24.8 Å². The van der Waals surface area contributed by atoms with E-state index < -0.39 is 30.1 Å². The van der Waals surface area contributed by atoms with Crippen LogP contribution in [0.5, 0.6) is 0 Å². The van der Waals surface area contributed by atoms with Crippen LogP contribution in [-0.4, -0.2) is 82.9 Å². The fourth-order valence-electron chi connectivity index (χ4n) is 5.39. The van der Waals surface area contributed by atoms with Gasteiger partial charge >= 0.3 is 23.9 Å². The van der Waals surface area contributed by atoms with Gasteiger partial charge in [-0.25, -0.2) is 9.59 Å². The number of rotatable bonds is 34. The van der Waals surface area contributed by atoms with E-state index >= 15 is 0 Å². The molecule has 0 aliphatic heterocycles. The highest BCUT2D eigenvalue weighted by Crippen LogP contribution is 2.14. The Morgan fingerprint density at radius 3 is 1.51 bits per heavy atom. The molecule has 0 aromatic carbocycles. The molecule has 4 N–H and O–H groups in total. The molecule has 0 spiro atoms. The Bertz CT molecular complexity index is 948. The van der Waals surface area contributed by atoms with Gasteiger partial charge in [-0.1, -0.05) is 128 Å². The van der Waals surface area contributed by atoms with Gasteiger partial charge in [0.1, 0.15) is 6.10 Å². The maximum Gasteiger partial charge on any atom is 0.346 e. The van der Waals surface area contributed by atoms with Gasteiger partial charge in [-0.3, -0.25) is 9.59 Å². The highest BCUT2D eigenvalue weighted by atomic mass is 16.6. The molecular formula is C44H82O11. The molecule has 0 aliphatic carbocycles. The van der Waals surface area contributed by atoms with Crippen LogP contribution in [0.15, 0.2) is 24.3 Å². The van der Waals surface area contributed by atoms with E-state index in [0.717, 1.165) is 89.9 Å². The molecule has 0 amide bonds. The molecule has 2 unspecified atom stereocenters. The summed E-state index contributed by atoms with van der Waals surface area (Å²) in [7, 11) is 3.09. The van der Waals surface area contributed by atoms with E-state index in [0.29, 0.717) is 18.9 Å². The predicted octanol–water partition coefficient (Wildman–Crippen LogP) is 10.3. The number of aliphatic hydroxyl groups excluding tert-OH is 2. The van der Waals surface area contributed by atoms with Crippen molar-refractivity contribution >= 4 is 23.9 Å². The van der Waals surface area contributed by atoms with Gasteiger partial charge in [0.05, 0.1) is 19.3 Å². The number of aliphatic hydroxyl groups is 2. The van der Waals surface area contributed by atoms with Gasteiger partial charge in [-0.2, -0.15) is 0 Å². The average molecular weight is 787 g/mol. The fourth-order valence-corrected chi connectivity index (χ4v) is 5.39. The van der Waals surface area contributed by atoms with Crippen molar-refractivity contribution < 1.29 is 53.8 Å². The number of esters is 2. The van der Waals surface area contributed by atoms with Gasteiger partial charge in [0.25, 0.3) is 0 Å². The summed E-state index contributed by atoms with van der Waals surface area (Å²) in [6.45, 7) is 7.16. The fraction of sp³-hybridized carbons (Fsp3) is 0.818. The number of aliphatic carboxylic acids is 2. The molecule has 0 fully saturated rings. The number of carbonyl (C=O) groups is 4. The second kappa shape index (κ2) is 44.0. The van der Waals surface area contributed by atoms with Gasteiger partial charge in [-0.15, -0.1) is 0 Å². The van der Waals surface area contributed by atoms with Crippen LogP contribution in [-0.2, 0) is 33.4 Å². The zero-order valence-corrected chi connectivity index (χ0v) is 35.7. The number of allylic oxidation sites excluding steroid dienone is 2. The Kier molecular flexibility index (Phi) is 45.2. The molecule has 0 aromatic rings.